The average molecular weight is 182 g/mol. The Balaban J connectivity index is 2.36. The Morgan fingerprint density at radius 1 is 1.08 bits per heavy atom. The molecule has 0 N–H and O–H groups in total. The van der Waals surface area contributed by atoms with Crippen molar-refractivity contribution in [2.24, 2.45) is 0 Å². The number of aromatic nitrogens is 1. The van der Waals surface area contributed by atoms with Gasteiger partial charge in [-0.2, -0.15) is 0 Å². The largest absolute Gasteiger partial charge is 0.241 e. The summed E-state index contributed by atoms with van der Waals surface area (Å²) in [5.74, 6) is 0. The third kappa shape index (κ3) is 1.61. The van der Waals surface area contributed by atoms with E-state index in [1.807, 2.05) is 6.07 Å². The number of fused-ring (bicyclic) bond motifs is 1. The van der Waals surface area contributed by atoms with E-state index in [0.29, 0.717) is 5.15 Å². The van der Waals surface area contributed by atoms with Gasteiger partial charge in [0.05, 0.1) is 0 Å². The highest BCUT2D eigenvalue weighted by atomic mass is 35.5. The summed E-state index contributed by atoms with van der Waals surface area (Å²) < 4.78 is 0. The maximum absolute atomic E-state index is 5.82. The highest BCUT2D eigenvalue weighted by molar-refractivity contribution is 6.29. The fourth-order valence-electron chi connectivity index (χ4n) is 1.73. The Hall–Kier alpha value is -0.560. The van der Waals surface area contributed by atoms with E-state index in [1.165, 1.54) is 36.9 Å². The molecule has 1 aliphatic rings. The molecule has 0 atom stereocenters. The van der Waals surface area contributed by atoms with Crippen LogP contribution in [-0.4, -0.2) is 4.98 Å². The summed E-state index contributed by atoms with van der Waals surface area (Å²) in [4.78, 5) is 4.34. The van der Waals surface area contributed by atoms with Gasteiger partial charge in [0, 0.05) is 5.69 Å². The Bertz CT molecular complexity index is 283. The van der Waals surface area contributed by atoms with E-state index in [1.54, 1.807) is 0 Å². The number of hydrogen-bond donors (Lipinski definition) is 0. The lowest BCUT2D eigenvalue weighted by Gasteiger charge is -2.03. The van der Waals surface area contributed by atoms with Gasteiger partial charge in [-0.05, 0) is 37.3 Å². The zero-order valence-corrected chi connectivity index (χ0v) is 7.77. The van der Waals surface area contributed by atoms with E-state index in [9.17, 15) is 0 Å². The normalized spacial score (nSPS) is 16.8. The van der Waals surface area contributed by atoms with Crippen LogP contribution < -0.4 is 0 Å². The summed E-state index contributed by atoms with van der Waals surface area (Å²) in [5, 5.41) is 0.635. The molecule has 1 nitrogen and oxygen atoms in total. The monoisotopic (exact) mass is 181 g/mol. The number of aryl methyl sites for hydroxylation is 2. The van der Waals surface area contributed by atoms with Gasteiger partial charge in [0.15, 0.2) is 0 Å². The Morgan fingerprint density at radius 3 is 2.83 bits per heavy atom. The summed E-state index contributed by atoms with van der Waals surface area (Å²) in [6, 6.07) is 4.02. The van der Waals surface area contributed by atoms with Crippen LogP contribution in [0.15, 0.2) is 12.1 Å². The SMILES string of the molecule is Clc1ccc2c(n1)CCCCC2. The first-order valence-corrected chi connectivity index (χ1v) is 4.88. The second kappa shape index (κ2) is 3.44. The summed E-state index contributed by atoms with van der Waals surface area (Å²) in [7, 11) is 0. The standard InChI is InChI=1S/C10H12ClN/c11-10-7-6-8-4-2-1-3-5-9(8)12-10/h6-7H,1-5H2. The molecule has 64 valence electrons. The van der Waals surface area contributed by atoms with Crippen LogP contribution in [0.5, 0.6) is 0 Å². The molecule has 2 rings (SSSR count). The molecule has 0 saturated heterocycles. The lowest BCUT2D eigenvalue weighted by Crippen LogP contribution is -1.94. The predicted octanol–water partition coefficient (Wildman–Crippen LogP) is 3.00. The second-order valence-corrected chi connectivity index (χ2v) is 3.69. The maximum Gasteiger partial charge on any atom is 0.129 e. The van der Waals surface area contributed by atoms with Crippen molar-refractivity contribution in [2.75, 3.05) is 0 Å². The van der Waals surface area contributed by atoms with Gasteiger partial charge >= 0.3 is 0 Å². The smallest absolute Gasteiger partial charge is 0.129 e. The number of nitrogens with zero attached hydrogens (tertiary/aromatic N) is 1. The molecule has 0 aromatic carbocycles. The van der Waals surface area contributed by atoms with Gasteiger partial charge in [0.2, 0.25) is 0 Å². The second-order valence-electron chi connectivity index (χ2n) is 3.30. The lowest BCUT2D eigenvalue weighted by atomic mass is 10.1. The minimum atomic E-state index is 0.635. The maximum atomic E-state index is 5.82. The molecule has 1 heterocycles. The number of hydrogen-bond acceptors (Lipinski definition) is 1. The molecule has 1 aromatic rings. The van der Waals surface area contributed by atoms with Gasteiger partial charge in [0.1, 0.15) is 5.15 Å². The van der Waals surface area contributed by atoms with E-state index in [4.69, 9.17) is 11.6 Å². The molecule has 0 saturated carbocycles. The quantitative estimate of drug-likeness (QED) is 0.443. The number of pyridine rings is 1. The van der Waals surface area contributed by atoms with Crippen LogP contribution in [0, 0.1) is 0 Å². The van der Waals surface area contributed by atoms with Crippen molar-refractivity contribution in [2.45, 2.75) is 32.1 Å². The first-order valence-electron chi connectivity index (χ1n) is 4.50. The van der Waals surface area contributed by atoms with E-state index in [0.717, 1.165) is 6.42 Å². The van der Waals surface area contributed by atoms with Gasteiger partial charge in [-0.3, -0.25) is 0 Å². The van der Waals surface area contributed by atoms with Crippen LogP contribution in [0.25, 0.3) is 0 Å². The van der Waals surface area contributed by atoms with Crippen molar-refractivity contribution in [3.05, 3.63) is 28.5 Å². The summed E-state index contributed by atoms with van der Waals surface area (Å²) in [6.45, 7) is 0. The summed E-state index contributed by atoms with van der Waals surface area (Å²) >= 11 is 5.82. The van der Waals surface area contributed by atoms with Gasteiger partial charge in [-0.1, -0.05) is 24.1 Å². The topological polar surface area (TPSA) is 12.9 Å². The van der Waals surface area contributed by atoms with Crippen molar-refractivity contribution >= 4 is 11.6 Å². The Morgan fingerprint density at radius 2 is 1.92 bits per heavy atom. The Labute approximate surface area is 77.8 Å². The molecular weight excluding hydrogens is 170 g/mol. The lowest BCUT2D eigenvalue weighted by molar-refractivity contribution is 0.708. The molecule has 0 amide bonds. The van der Waals surface area contributed by atoms with Crippen molar-refractivity contribution in [1.29, 1.82) is 0 Å². The fraction of sp³-hybridized carbons (Fsp3) is 0.500. The van der Waals surface area contributed by atoms with Gasteiger partial charge in [-0.25, -0.2) is 4.98 Å². The van der Waals surface area contributed by atoms with E-state index in [2.05, 4.69) is 11.1 Å². The number of halogens is 1. The summed E-state index contributed by atoms with van der Waals surface area (Å²) in [5.41, 5.74) is 2.62. The van der Waals surface area contributed by atoms with Gasteiger partial charge < -0.3 is 0 Å². The van der Waals surface area contributed by atoms with Crippen LogP contribution in [0.3, 0.4) is 0 Å². The highest BCUT2D eigenvalue weighted by Gasteiger charge is 2.08. The summed E-state index contributed by atoms with van der Waals surface area (Å²) in [6.07, 6.45) is 6.18. The predicted molar refractivity (Wildman–Crippen MR) is 50.5 cm³/mol. The minimum Gasteiger partial charge on any atom is -0.241 e. The molecular formula is C10H12ClN. The van der Waals surface area contributed by atoms with Crippen LogP contribution in [0.2, 0.25) is 5.15 Å². The first kappa shape index (κ1) is 8.06. The van der Waals surface area contributed by atoms with Crippen LogP contribution in [0.4, 0.5) is 0 Å². The molecule has 0 spiro atoms. The fourth-order valence-corrected chi connectivity index (χ4v) is 1.90. The van der Waals surface area contributed by atoms with E-state index in [-0.39, 0.29) is 0 Å². The third-order valence-corrected chi connectivity index (χ3v) is 2.60. The van der Waals surface area contributed by atoms with Crippen molar-refractivity contribution in [3.63, 3.8) is 0 Å². The van der Waals surface area contributed by atoms with E-state index < -0.39 is 0 Å². The van der Waals surface area contributed by atoms with Crippen molar-refractivity contribution < 1.29 is 0 Å². The van der Waals surface area contributed by atoms with Crippen LogP contribution in [0.1, 0.15) is 30.5 Å². The molecule has 1 aliphatic carbocycles. The highest BCUT2D eigenvalue weighted by Crippen LogP contribution is 2.20. The molecule has 0 aliphatic heterocycles. The molecule has 2 heteroatoms. The van der Waals surface area contributed by atoms with Gasteiger partial charge in [0.25, 0.3) is 0 Å². The van der Waals surface area contributed by atoms with E-state index >= 15 is 0 Å². The molecule has 12 heavy (non-hydrogen) atoms. The number of rotatable bonds is 0. The average Bonchev–Trinajstić information content (AvgIpc) is 2.28. The third-order valence-electron chi connectivity index (χ3n) is 2.39. The molecule has 1 aromatic heterocycles. The molecule has 0 unspecified atom stereocenters. The zero-order valence-electron chi connectivity index (χ0n) is 7.02. The van der Waals surface area contributed by atoms with Gasteiger partial charge in [-0.15, -0.1) is 0 Å². The first-order chi connectivity index (χ1) is 5.86. The Kier molecular flexibility index (Phi) is 2.31. The van der Waals surface area contributed by atoms with Crippen molar-refractivity contribution in [1.82, 2.24) is 4.98 Å². The zero-order chi connectivity index (χ0) is 8.39. The van der Waals surface area contributed by atoms with Crippen LogP contribution in [-0.2, 0) is 12.8 Å². The van der Waals surface area contributed by atoms with Crippen LogP contribution >= 0.6 is 11.6 Å². The molecule has 0 bridgehead atoms. The molecule has 0 radical (unpaired) electrons. The van der Waals surface area contributed by atoms with Crippen molar-refractivity contribution in [3.8, 4) is 0 Å². The molecule has 0 fully saturated rings. The minimum absolute atomic E-state index is 0.635.